The van der Waals surface area contributed by atoms with Crippen LogP contribution in [0.25, 0.3) is 11.7 Å². The van der Waals surface area contributed by atoms with Crippen molar-refractivity contribution in [1.29, 1.82) is 5.26 Å². The Bertz CT molecular complexity index is 1320. The van der Waals surface area contributed by atoms with Crippen LogP contribution in [0.5, 0.6) is 11.6 Å². The van der Waals surface area contributed by atoms with E-state index in [0.29, 0.717) is 37.0 Å². The number of aromatic nitrogens is 2. The summed E-state index contributed by atoms with van der Waals surface area (Å²) < 4.78 is 12.4. The number of benzene rings is 1. The highest BCUT2D eigenvalue weighted by Crippen LogP contribution is 2.32. The Kier molecular flexibility index (Phi) is 6.42. The van der Waals surface area contributed by atoms with Crippen molar-refractivity contribution < 1.29 is 14.3 Å². The molecule has 1 aromatic carbocycles. The highest BCUT2D eigenvalue weighted by molar-refractivity contribution is 6.35. The molecule has 0 atom stereocenters. The van der Waals surface area contributed by atoms with E-state index in [1.165, 1.54) is 33.7 Å². The van der Waals surface area contributed by atoms with Crippen LogP contribution in [0.3, 0.4) is 0 Å². The summed E-state index contributed by atoms with van der Waals surface area (Å²) >= 11 is 12.2. The lowest BCUT2D eigenvalue weighted by Crippen LogP contribution is -2.41. The van der Waals surface area contributed by atoms with Gasteiger partial charge in [-0.2, -0.15) is 10.2 Å². The van der Waals surface area contributed by atoms with E-state index in [4.69, 9.17) is 32.7 Å². The summed E-state index contributed by atoms with van der Waals surface area (Å²) in [4.78, 5) is 32.0. The number of fused-ring (bicyclic) bond motifs is 1. The number of ether oxygens (including phenoxy) is 2. The van der Waals surface area contributed by atoms with E-state index in [9.17, 15) is 14.9 Å². The van der Waals surface area contributed by atoms with Crippen molar-refractivity contribution in [1.82, 2.24) is 14.3 Å². The minimum Gasteiger partial charge on any atom is -0.437 e. The monoisotopic (exact) mass is 470 g/mol. The zero-order valence-corrected chi connectivity index (χ0v) is 18.1. The summed E-state index contributed by atoms with van der Waals surface area (Å²) in [5.74, 6) is -0.368. The van der Waals surface area contributed by atoms with Gasteiger partial charge in [-0.05, 0) is 36.4 Å². The first-order chi connectivity index (χ1) is 15.5. The Labute approximate surface area is 192 Å². The van der Waals surface area contributed by atoms with E-state index in [2.05, 4.69) is 4.98 Å². The molecular formula is C22H16Cl2N4O4. The van der Waals surface area contributed by atoms with Crippen molar-refractivity contribution in [3.63, 3.8) is 0 Å². The lowest BCUT2D eigenvalue weighted by atomic mass is 10.1. The first kappa shape index (κ1) is 21.8. The summed E-state index contributed by atoms with van der Waals surface area (Å²) in [6.45, 7) is 1.48. The van der Waals surface area contributed by atoms with E-state index < -0.39 is 11.5 Å². The van der Waals surface area contributed by atoms with Gasteiger partial charge >= 0.3 is 0 Å². The Morgan fingerprint density at radius 1 is 1.22 bits per heavy atom. The highest BCUT2D eigenvalue weighted by atomic mass is 35.5. The maximum atomic E-state index is 13.2. The smallest absolute Gasteiger partial charge is 0.269 e. The Hall–Kier alpha value is -3.38. The number of nitriles is 1. The number of carbonyl (C=O) groups is 1. The van der Waals surface area contributed by atoms with Crippen molar-refractivity contribution in [2.75, 3.05) is 26.3 Å². The molecule has 3 aromatic rings. The van der Waals surface area contributed by atoms with E-state index in [1.807, 2.05) is 6.07 Å². The van der Waals surface area contributed by atoms with Crippen LogP contribution >= 0.6 is 23.2 Å². The van der Waals surface area contributed by atoms with Crippen LogP contribution in [0.2, 0.25) is 10.0 Å². The average Bonchev–Trinajstić information content (AvgIpc) is 2.81. The lowest BCUT2D eigenvalue weighted by molar-refractivity contribution is -0.130. The molecule has 32 heavy (non-hydrogen) atoms. The van der Waals surface area contributed by atoms with Gasteiger partial charge in [-0.25, -0.2) is 0 Å². The van der Waals surface area contributed by atoms with E-state index in [0.717, 1.165) is 0 Å². The molecule has 10 heteroatoms. The van der Waals surface area contributed by atoms with Gasteiger partial charge in [0, 0.05) is 24.3 Å². The van der Waals surface area contributed by atoms with Gasteiger partial charge in [0.2, 0.25) is 5.88 Å². The molecule has 0 unspecified atom stereocenters. The number of rotatable bonds is 4. The van der Waals surface area contributed by atoms with Crippen molar-refractivity contribution in [3.05, 3.63) is 74.1 Å². The largest absolute Gasteiger partial charge is 0.437 e. The molecule has 0 bridgehead atoms. The number of halogens is 2. The van der Waals surface area contributed by atoms with Crippen LogP contribution in [0.1, 0.15) is 5.56 Å². The number of hydrogen-bond donors (Lipinski definition) is 0. The molecule has 162 valence electrons. The predicted molar refractivity (Wildman–Crippen MR) is 119 cm³/mol. The molecule has 4 rings (SSSR count). The Balaban J connectivity index is 1.84. The fraction of sp³-hybridized carbons (Fsp3) is 0.182. The van der Waals surface area contributed by atoms with Gasteiger partial charge < -0.3 is 14.4 Å². The molecule has 0 saturated carbocycles. The summed E-state index contributed by atoms with van der Waals surface area (Å²) in [7, 11) is 0. The molecule has 0 spiro atoms. The molecular weight excluding hydrogens is 455 g/mol. The molecule has 1 aliphatic rings. The van der Waals surface area contributed by atoms with Gasteiger partial charge in [0.25, 0.3) is 11.5 Å². The number of amides is 1. The van der Waals surface area contributed by atoms with Crippen LogP contribution in [0, 0.1) is 11.3 Å². The summed E-state index contributed by atoms with van der Waals surface area (Å²) in [5, 5.41) is 10.3. The third-order valence-electron chi connectivity index (χ3n) is 4.77. The van der Waals surface area contributed by atoms with E-state index in [1.54, 1.807) is 24.3 Å². The number of carbonyl (C=O) groups excluding carboxylic acids is 1. The van der Waals surface area contributed by atoms with Crippen LogP contribution in [-0.4, -0.2) is 46.5 Å². The Morgan fingerprint density at radius 3 is 2.72 bits per heavy atom. The van der Waals surface area contributed by atoms with Crippen molar-refractivity contribution in [2.45, 2.75) is 0 Å². The number of nitrogens with zero attached hydrogens (tertiary/aromatic N) is 4. The highest BCUT2D eigenvalue weighted by Gasteiger charge is 2.23. The van der Waals surface area contributed by atoms with Gasteiger partial charge in [-0.1, -0.05) is 29.3 Å². The standard InChI is InChI=1S/C22H16Cl2N4O4/c23-15-4-5-18(17(24)12-15)32-20-16(22(30)28-6-2-1-3-19(28)26-20)11-14(13-25)21(29)27-7-9-31-10-8-27/h1-6,11-12H,7-10H2/b14-11+. The second-order valence-corrected chi connectivity index (χ2v) is 7.66. The maximum absolute atomic E-state index is 13.2. The van der Waals surface area contributed by atoms with Crippen LogP contribution in [0.15, 0.2) is 53.0 Å². The third kappa shape index (κ3) is 4.46. The summed E-state index contributed by atoms with van der Waals surface area (Å²) in [6, 6.07) is 11.5. The number of hydrogen-bond acceptors (Lipinski definition) is 6. The van der Waals surface area contributed by atoms with Crippen molar-refractivity contribution >= 4 is 40.8 Å². The lowest BCUT2D eigenvalue weighted by Gasteiger charge is -2.26. The van der Waals surface area contributed by atoms with Crippen molar-refractivity contribution in [3.8, 4) is 17.7 Å². The number of morpholine rings is 1. The second kappa shape index (κ2) is 9.40. The molecule has 1 amide bonds. The molecule has 0 radical (unpaired) electrons. The van der Waals surface area contributed by atoms with Gasteiger partial charge in [0.1, 0.15) is 28.6 Å². The molecule has 1 aliphatic heterocycles. The van der Waals surface area contributed by atoms with E-state index >= 15 is 0 Å². The zero-order valence-electron chi connectivity index (χ0n) is 16.6. The van der Waals surface area contributed by atoms with Crippen LogP contribution in [0.4, 0.5) is 0 Å². The molecule has 1 fully saturated rings. The van der Waals surface area contributed by atoms with E-state index in [-0.39, 0.29) is 27.8 Å². The summed E-state index contributed by atoms with van der Waals surface area (Å²) in [6.07, 6.45) is 2.74. The van der Waals surface area contributed by atoms with Gasteiger partial charge in [0.05, 0.1) is 18.2 Å². The molecule has 1 saturated heterocycles. The quantitative estimate of drug-likeness (QED) is 0.427. The topological polar surface area (TPSA) is 96.9 Å². The fourth-order valence-electron chi connectivity index (χ4n) is 3.17. The molecule has 3 heterocycles. The fourth-order valence-corrected chi connectivity index (χ4v) is 3.62. The predicted octanol–water partition coefficient (Wildman–Crippen LogP) is 3.56. The third-order valence-corrected chi connectivity index (χ3v) is 5.30. The summed E-state index contributed by atoms with van der Waals surface area (Å²) in [5.41, 5.74) is -0.447. The average molecular weight is 471 g/mol. The second-order valence-electron chi connectivity index (χ2n) is 6.82. The first-order valence-corrected chi connectivity index (χ1v) is 10.4. The van der Waals surface area contributed by atoms with Crippen LogP contribution < -0.4 is 10.3 Å². The minimum absolute atomic E-state index is 0.0575. The van der Waals surface area contributed by atoms with Crippen molar-refractivity contribution in [2.24, 2.45) is 0 Å². The molecule has 2 aromatic heterocycles. The van der Waals surface area contributed by atoms with Gasteiger partial charge in [-0.15, -0.1) is 0 Å². The SMILES string of the molecule is N#C/C(=C\c1c(Oc2ccc(Cl)cc2Cl)nc2ccccn2c1=O)C(=O)N1CCOCC1. The zero-order chi connectivity index (χ0) is 22.7. The van der Waals surface area contributed by atoms with Crippen LogP contribution in [-0.2, 0) is 9.53 Å². The molecule has 0 aliphatic carbocycles. The molecule has 8 nitrogen and oxygen atoms in total. The first-order valence-electron chi connectivity index (χ1n) is 9.61. The maximum Gasteiger partial charge on any atom is 0.269 e. The normalized spacial score (nSPS) is 14.3. The Morgan fingerprint density at radius 2 is 2.00 bits per heavy atom. The number of pyridine rings is 1. The minimum atomic E-state index is -0.502. The van der Waals surface area contributed by atoms with Gasteiger partial charge in [-0.3, -0.25) is 14.0 Å². The molecule has 0 N–H and O–H groups in total. The van der Waals surface area contributed by atoms with Gasteiger partial charge in [0.15, 0.2) is 0 Å².